The van der Waals surface area contributed by atoms with Crippen molar-refractivity contribution in [1.82, 2.24) is 9.47 Å². The lowest BCUT2D eigenvalue weighted by Crippen LogP contribution is -2.49. The van der Waals surface area contributed by atoms with E-state index in [0.717, 1.165) is 5.56 Å². The molecule has 3 heterocycles. The molecule has 6 nitrogen and oxygen atoms in total. The molecule has 0 aliphatic carbocycles. The lowest BCUT2D eigenvalue weighted by Gasteiger charge is -2.40. The van der Waals surface area contributed by atoms with Crippen LogP contribution in [0.15, 0.2) is 88.3 Å². The summed E-state index contributed by atoms with van der Waals surface area (Å²) in [4.78, 5) is 18.0. The number of hydrogen-bond acceptors (Lipinski definition) is 5. The molecule has 5 rings (SSSR count). The number of piperazine rings is 1. The first-order valence-corrected chi connectivity index (χ1v) is 11.8. The first-order valence-electron chi connectivity index (χ1n) is 11.8. The molecule has 0 spiro atoms. The van der Waals surface area contributed by atoms with E-state index >= 15 is 0 Å². The Morgan fingerprint density at radius 3 is 2.37 bits per heavy atom. The average Bonchev–Trinajstić information content (AvgIpc) is 3.39. The number of aryl methyl sites for hydroxylation is 1. The van der Waals surface area contributed by atoms with Crippen molar-refractivity contribution in [2.75, 3.05) is 31.1 Å². The summed E-state index contributed by atoms with van der Waals surface area (Å²) in [6.07, 6.45) is 1.58. The number of aromatic hydroxyl groups is 1. The molecule has 2 aromatic carbocycles. The molecule has 1 atom stereocenters. The number of furan rings is 1. The molecule has 0 unspecified atom stereocenters. The van der Waals surface area contributed by atoms with Crippen molar-refractivity contribution in [3.63, 3.8) is 0 Å². The second-order valence-corrected chi connectivity index (χ2v) is 8.84. The van der Waals surface area contributed by atoms with Crippen molar-refractivity contribution in [2.24, 2.45) is 0 Å². The average molecular weight is 474 g/mol. The van der Waals surface area contributed by atoms with Crippen LogP contribution >= 0.6 is 0 Å². The van der Waals surface area contributed by atoms with Crippen molar-refractivity contribution in [3.8, 4) is 5.75 Å². The maximum Gasteiger partial charge on any atom is 0.260 e. The summed E-state index contributed by atoms with van der Waals surface area (Å²) in [5.74, 6) is 0.410. The minimum Gasteiger partial charge on any atom is -0.507 e. The van der Waals surface area contributed by atoms with E-state index in [0.29, 0.717) is 48.9 Å². The van der Waals surface area contributed by atoms with E-state index in [1.54, 1.807) is 42.0 Å². The highest BCUT2D eigenvalue weighted by atomic mass is 19.1. The van der Waals surface area contributed by atoms with Gasteiger partial charge in [-0.25, -0.2) is 4.39 Å². The molecular weight excluding hydrogens is 445 g/mol. The van der Waals surface area contributed by atoms with Crippen molar-refractivity contribution in [1.29, 1.82) is 0 Å². The molecule has 35 heavy (non-hydrogen) atoms. The van der Waals surface area contributed by atoms with Crippen LogP contribution in [-0.2, 0) is 6.54 Å². The molecule has 1 aliphatic heterocycles. The van der Waals surface area contributed by atoms with Crippen LogP contribution in [0.25, 0.3) is 0 Å². The summed E-state index contributed by atoms with van der Waals surface area (Å²) in [6, 6.07) is 21.4. The van der Waals surface area contributed by atoms with Gasteiger partial charge in [0.05, 0.1) is 30.1 Å². The van der Waals surface area contributed by atoms with Crippen LogP contribution in [0.2, 0.25) is 0 Å². The van der Waals surface area contributed by atoms with Crippen LogP contribution in [0.5, 0.6) is 5.75 Å². The highest BCUT2D eigenvalue weighted by molar-refractivity contribution is 5.48. The Balaban J connectivity index is 1.52. The molecule has 1 saturated heterocycles. The predicted octanol–water partition coefficient (Wildman–Crippen LogP) is 4.55. The Morgan fingerprint density at radius 2 is 1.69 bits per heavy atom. The number of nitrogens with zero attached hydrogens (tertiary/aromatic N) is 3. The third-order valence-corrected chi connectivity index (χ3v) is 6.68. The molecule has 7 heteroatoms. The molecule has 2 aromatic heterocycles. The fourth-order valence-electron chi connectivity index (χ4n) is 4.91. The number of pyridine rings is 1. The van der Waals surface area contributed by atoms with Crippen molar-refractivity contribution < 1.29 is 13.9 Å². The maximum absolute atomic E-state index is 14.4. The number of rotatable bonds is 6. The van der Waals surface area contributed by atoms with Gasteiger partial charge in [-0.05, 0) is 42.8 Å². The smallest absolute Gasteiger partial charge is 0.260 e. The first-order chi connectivity index (χ1) is 17.0. The van der Waals surface area contributed by atoms with Gasteiger partial charge in [0.15, 0.2) is 0 Å². The molecule has 1 aliphatic rings. The molecule has 180 valence electrons. The molecule has 0 bridgehead atoms. The van der Waals surface area contributed by atoms with Crippen LogP contribution in [0.4, 0.5) is 10.1 Å². The lowest BCUT2D eigenvalue weighted by atomic mass is 9.96. The Bertz CT molecular complexity index is 1340. The van der Waals surface area contributed by atoms with Crippen LogP contribution in [0.3, 0.4) is 0 Å². The zero-order valence-electron chi connectivity index (χ0n) is 19.6. The third-order valence-electron chi connectivity index (χ3n) is 6.68. The minimum absolute atomic E-state index is 0.0198. The Morgan fingerprint density at radius 1 is 0.971 bits per heavy atom. The van der Waals surface area contributed by atoms with Crippen molar-refractivity contribution in [3.05, 3.63) is 118 Å². The summed E-state index contributed by atoms with van der Waals surface area (Å²) >= 11 is 0. The van der Waals surface area contributed by atoms with E-state index in [9.17, 15) is 14.3 Å². The van der Waals surface area contributed by atoms with Crippen LogP contribution < -0.4 is 10.5 Å². The minimum atomic E-state index is -0.435. The normalized spacial score (nSPS) is 15.3. The Kier molecular flexibility index (Phi) is 6.42. The zero-order chi connectivity index (χ0) is 24.4. The zero-order valence-corrected chi connectivity index (χ0v) is 19.6. The van der Waals surface area contributed by atoms with Gasteiger partial charge in [0.2, 0.25) is 0 Å². The van der Waals surface area contributed by atoms with Gasteiger partial charge in [0.1, 0.15) is 17.3 Å². The summed E-state index contributed by atoms with van der Waals surface area (Å²) < 4.78 is 21.5. The Labute approximate surface area is 203 Å². The highest BCUT2D eigenvalue weighted by Gasteiger charge is 2.32. The van der Waals surface area contributed by atoms with E-state index in [4.69, 9.17) is 4.42 Å². The van der Waals surface area contributed by atoms with E-state index in [1.165, 1.54) is 6.07 Å². The fraction of sp³-hybridized carbons (Fsp3) is 0.250. The molecule has 1 N–H and O–H groups in total. The predicted molar refractivity (Wildman–Crippen MR) is 133 cm³/mol. The maximum atomic E-state index is 14.4. The first kappa shape index (κ1) is 22.9. The van der Waals surface area contributed by atoms with Crippen LogP contribution in [0.1, 0.15) is 28.6 Å². The third kappa shape index (κ3) is 4.59. The standard InChI is InChI=1S/C28H28FN3O3/c1-20-18-25(33)26(28(34)32(20)19-22-10-7-17-35-22)27(21-8-3-2-4-9-21)31-15-13-30(14-16-31)24-12-6-5-11-23(24)29/h2-12,17-18,27,33H,13-16,19H2,1H3/t27-/m1/s1. The highest BCUT2D eigenvalue weighted by Crippen LogP contribution is 2.34. The van der Waals surface area contributed by atoms with E-state index in [-0.39, 0.29) is 23.7 Å². The number of para-hydroxylation sites is 1. The summed E-state index contributed by atoms with van der Waals surface area (Å²) in [7, 11) is 0. The van der Waals surface area contributed by atoms with Gasteiger partial charge in [0, 0.05) is 31.9 Å². The van der Waals surface area contributed by atoms with Crippen molar-refractivity contribution in [2.45, 2.75) is 19.5 Å². The largest absolute Gasteiger partial charge is 0.507 e. The molecule has 0 radical (unpaired) electrons. The number of benzene rings is 2. The second kappa shape index (κ2) is 9.80. The quantitative estimate of drug-likeness (QED) is 0.445. The topological polar surface area (TPSA) is 61.9 Å². The monoisotopic (exact) mass is 473 g/mol. The molecular formula is C28H28FN3O3. The van der Waals surface area contributed by atoms with E-state index in [1.807, 2.05) is 47.4 Å². The van der Waals surface area contributed by atoms with Gasteiger partial charge in [-0.3, -0.25) is 9.69 Å². The van der Waals surface area contributed by atoms with E-state index in [2.05, 4.69) is 4.90 Å². The second-order valence-electron chi connectivity index (χ2n) is 8.84. The number of anilines is 1. The van der Waals surface area contributed by atoms with Gasteiger partial charge in [-0.1, -0.05) is 42.5 Å². The summed E-state index contributed by atoms with van der Waals surface area (Å²) in [5.41, 5.74) is 2.26. The van der Waals surface area contributed by atoms with Crippen molar-refractivity contribution >= 4 is 5.69 Å². The van der Waals surface area contributed by atoms with Gasteiger partial charge in [-0.15, -0.1) is 0 Å². The van der Waals surface area contributed by atoms with Gasteiger partial charge >= 0.3 is 0 Å². The molecule has 0 amide bonds. The SMILES string of the molecule is Cc1cc(O)c([C@@H](c2ccccc2)N2CCN(c3ccccc3F)CC2)c(=O)n1Cc1ccco1. The van der Waals surface area contributed by atoms with Gasteiger partial charge < -0.3 is 19.0 Å². The lowest BCUT2D eigenvalue weighted by molar-refractivity contribution is 0.207. The van der Waals surface area contributed by atoms with E-state index < -0.39 is 6.04 Å². The summed E-state index contributed by atoms with van der Waals surface area (Å²) in [5, 5.41) is 11.0. The molecule has 0 saturated carbocycles. The van der Waals surface area contributed by atoms with Gasteiger partial charge in [0.25, 0.3) is 5.56 Å². The molecule has 1 fully saturated rings. The number of hydrogen-bond donors (Lipinski definition) is 1. The Hall–Kier alpha value is -3.84. The fourth-order valence-corrected chi connectivity index (χ4v) is 4.91. The molecule has 4 aromatic rings. The summed E-state index contributed by atoms with van der Waals surface area (Å²) in [6.45, 7) is 4.53. The van der Waals surface area contributed by atoms with Gasteiger partial charge in [-0.2, -0.15) is 0 Å². The number of halogens is 1. The number of aromatic nitrogens is 1. The van der Waals surface area contributed by atoms with Crippen LogP contribution in [-0.4, -0.2) is 40.8 Å². The van der Waals surface area contributed by atoms with Crippen LogP contribution in [0, 0.1) is 12.7 Å².